The standard InChI is InChI=1S/C15H18ClFO/c1-9-6-7-11(8-10(9)2)15(18)12-4-3-5-13(16)14(12)17/h3-5,9-11H,6-8H2,1-2H3. The summed E-state index contributed by atoms with van der Waals surface area (Å²) in [5.74, 6) is 0.460. The van der Waals surface area contributed by atoms with Crippen LogP contribution < -0.4 is 0 Å². The van der Waals surface area contributed by atoms with E-state index in [2.05, 4.69) is 13.8 Å². The van der Waals surface area contributed by atoms with E-state index in [-0.39, 0.29) is 22.3 Å². The molecule has 0 N–H and O–H groups in total. The number of hydrogen-bond acceptors (Lipinski definition) is 1. The molecule has 1 aliphatic rings. The molecule has 3 atom stereocenters. The van der Waals surface area contributed by atoms with E-state index in [1.54, 1.807) is 6.07 Å². The smallest absolute Gasteiger partial charge is 0.168 e. The highest BCUT2D eigenvalue weighted by atomic mass is 35.5. The zero-order valence-corrected chi connectivity index (χ0v) is 11.5. The highest BCUT2D eigenvalue weighted by Gasteiger charge is 2.31. The van der Waals surface area contributed by atoms with Crippen molar-refractivity contribution in [2.24, 2.45) is 17.8 Å². The van der Waals surface area contributed by atoms with Crippen LogP contribution in [0.4, 0.5) is 4.39 Å². The number of rotatable bonds is 2. The Morgan fingerprint density at radius 3 is 2.67 bits per heavy atom. The third-order valence-electron chi connectivity index (χ3n) is 4.19. The van der Waals surface area contributed by atoms with Crippen molar-refractivity contribution in [1.29, 1.82) is 0 Å². The SMILES string of the molecule is CC1CCC(C(=O)c2cccc(Cl)c2F)CC1C. The van der Waals surface area contributed by atoms with Gasteiger partial charge in [0.15, 0.2) is 11.6 Å². The van der Waals surface area contributed by atoms with Crippen molar-refractivity contribution in [3.05, 3.63) is 34.6 Å². The molecule has 1 aromatic rings. The molecule has 1 fully saturated rings. The van der Waals surface area contributed by atoms with Gasteiger partial charge in [0.2, 0.25) is 0 Å². The molecule has 3 unspecified atom stereocenters. The van der Waals surface area contributed by atoms with Gasteiger partial charge in [-0.3, -0.25) is 4.79 Å². The molecular formula is C15H18ClFO. The Bertz CT molecular complexity index is 458. The van der Waals surface area contributed by atoms with Crippen LogP contribution in [0.25, 0.3) is 0 Å². The minimum Gasteiger partial charge on any atom is -0.294 e. The molecule has 1 saturated carbocycles. The molecule has 0 heterocycles. The van der Waals surface area contributed by atoms with Crippen LogP contribution in [0.15, 0.2) is 18.2 Å². The number of Topliss-reactive ketones (excluding diaryl/α,β-unsaturated/α-hetero) is 1. The van der Waals surface area contributed by atoms with E-state index in [0.29, 0.717) is 11.8 Å². The normalized spacial score (nSPS) is 28.1. The van der Waals surface area contributed by atoms with Crippen molar-refractivity contribution in [2.45, 2.75) is 33.1 Å². The average molecular weight is 269 g/mol. The lowest BCUT2D eigenvalue weighted by molar-refractivity contribution is 0.0833. The van der Waals surface area contributed by atoms with Crippen LogP contribution in [0.1, 0.15) is 43.5 Å². The van der Waals surface area contributed by atoms with Gasteiger partial charge in [-0.15, -0.1) is 0 Å². The number of ketones is 1. The summed E-state index contributed by atoms with van der Waals surface area (Å²) in [6.45, 7) is 4.38. The van der Waals surface area contributed by atoms with Crippen molar-refractivity contribution >= 4 is 17.4 Å². The fourth-order valence-electron chi connectivity index (χ4n) is 2.70. The van der Waals surface area contributed by atoms with Crippen LogP contribution in [0.3, 0.4) is 0 Å². The zero-order chi connectivity index (χ0) is 13.3. The fourth-order valence-corrected chi connectivity index (χ4v) is 2.87. The molecule has 0 spiro atoms. The van der Waals surface area contributed by atoms with E-state index in [4.69, 9.17) is 11.6 Å². The van der Waals surface area contributed by atoms with Crippen LogP contribution in [0, 0.1) is 23.6 Å². The maximum Gasteiger partial charge on any atom is 0.168 e. The molecule has 1 aromatic carbocycles. The van der Waals surface area contributed by atoms with Gasteiger partial charge in [0, 0.05) is 5.92 Å². The summed E-state index contributed by atoms with van der Waals surface area (Å²) in [7, 11) is 0. The van der Waals surface area contributed by atoms with Crippen molar-refractivity contribution < 1.29 is 9.18 Å². The maximum atomic E-state index is 13.8. The van der Waals surface area contributed by atoms with Gasteiger partial charge < -0.3 is 0 Å². The Kier molecular flexibility index (Phi) is 4.06. The minimum absolute atomic E-state index is 0.0260. The monoisotopic (exact) mass is 268 g/mol. The van der Waals surface area contributed by atoms with Gasteiger partial charge in [-0.05, 0) is 43.2 Å². The van der Waals surface area contributed by atoms with E-state index in [0.717, 1.165) is 19.3 Å². The molecule has 0 radical (unpaired) electrons. The Hall–Kier alpha value is -0.890. The Balaban J connectivity index is 2.19. The molecule has 3 heteroatoms. The molecule has 1 nitrogen and oxygen atoms in total. The van der Waals surface area contributed by atoms with Gasteiger partial charge in [0.05, 0.1) is 10.6 Å². The predicted molar refractivity (Wildman–Crippen MR) is 71.4 cm³/mol. The first-order valence-corrected chi connectivity index (χ1v) is 6.86. The molecular weight excluding hydrogens is 251 g/mol. The summed E-state index contributed by atoms with van der Waals surface area (Å²) in [5.41, 5.74) is 0.147. The van der Waals surface area contributed by atoms with Crippen LogP contribution >= 0.6 is 11.6 Å². The van der Waals surface area contributed by atoms with Crippen LogP contribution in [-0.2, 0) is 0 Å². The minimum atomic E-state index is -0.574. The molecule has 1 aliphatic carbocycles. The van der Waals surface area contributed by atoms with Crippen molar-refractivity contribution in [1.82, 2.24) is 0 Å². The van der Waals surface area contributed by atoms with Gasteiger partial charge in [0.25, 0.3) is 0 Å². The molecule has 0 aliphatic heterocycles. The summed E-state index contributed by atoms with van der Waals surface area (Å²) in [4.78, 5) is 12.3. The molecule has 0 saturated heterocycles. The van der Waals surface area contributed by atoms with E-state index in [1.165, 1.54) is 12.1 Å². The first-order valence-electron chi connectivity index (χ1n) is 6.49. The lowest BCUT2D eigenvalue weighted by Crippen LogP contribution is -2.27. The van der Waals surface area contributed by atoms with Crippen molar-refractivity contribution in [2.75, 3.05) is 0 Å². The molecule has 0 bridgehead atoms. The molecule has 18 heavy (non-hydrogen) atoms. The third kappa shape index (κ3) is 2.59. The Morgan fingerprint density at radius 2 is 2.00 bits per heavy atom. The Labute approximate surface area is 112 Å². The maximum absolute atomic E-state index is 13.8. The number of halogens is 2. The third-order valence-corrected chi connectivity index (χ3v) is 4.48. The lowest BCUT2D eigenvalue weighted by Gasteiger charge is -2.31. The average Bonchev–Trinajstić information content (AvgIpc) is 2.35. The summed E-state index contributed by atoms with van der Waals surface area (Å²) in [6.07, 6.45) is 2.75. The second kappa shape index (κ2) is 5.40. The van der Waals surface area contributed by atoms with Crippen LogP contribution in [-0.4, -0.2) is 5.78 Å². The van der Waals surface area contributed by atoms with Gasteiger partial charge in [0.1, 0.15) is 0 Å². The Morgan fingerprint density at radius 1 is 1.28 bits per heavy atom. The lowest BCUT2D eigenvalue weighted by atomic mass is 9.73. The molecule has 98 valence electrons. The highest BCUT2D eigenvalue weighted by Crippen LogP contribution is 2.35. The fraction of sp³-hybridized carbons (Fsp3) is 0.533. The van der Waals surface area contributed by atoms with Gasteiger partial charge in [-0.25, -0.2) is 4.39 Å². The zero-order valence-electron chi connectivity index (χ0n) is 10.7. The summed E-state index contributed by atoms with van der Waals surface area (Å²) in [6, 6.07) is 4.64. The van der Waals surface area contributed by atoms with Crippen LogP contribution in [0.5, 0.6) is 0 Å². The van der Waals surface area contributed by atoms with E-state index in [1.807, 2.05) is 0 Å². The largest absolute Gasteiger partial charge is 0.294 e. The van der Waals surface area contributed by atoms with Crippen LogP contribution in [0.2, 0.25) is 5.02 Å². The predicted octanol–water partition coefficient (Wildman–Crippen LogP) is 4.73. The number of carbonyl (C=O) groups excluding carboxylic acids is 1. The quantitative estimate of drug-likeness (QED) is 0.709. The number of carbonyl (C=O) groups is 1. The second-order valence-corrected chi connectivity index (χ2v) is 5.84. The second-order valence-electron chi connectivity index (χ2n) is 5.43. The molecule has 0 aromatic heterocycles. The van der Waals surface area contributed by atoms with Gasteiger partial charge in [-0.2, -0.15) is 0 Å². The summed E-state index contributed by atoms with van der Waals surface area (Å²) < 4.78 is 13.8. The first kappa shape index (κ1) is 13.5. The summed E-state index contributed by atoms with van der Waals surface area (Å²) >= 11 is 5.72. The van der Waals surface area contributed by atoms with E-state index in [9.17, 15) is 9.18 Å². The van der Waals surface area contributed by atoms with Gasteiger partial charge >= 0.3 is 0 Å². The molecule has 2 rings (SSSR count). The summed E-state index contributed by atoms with van der Waals surface area (Å²) in [5, 5.41) is 0.0260. The topological polar surface area (TPSA) is 17.1 Å². The van der Waals surface area contributed by atoms with Crippen molar-refractivity contribution in [3.63, 3.8) is 0 Å². The number of benzene rings is 1. The van der Waals surface area contributed by atoms with Crippen molar-refractivity contribution in [3.8, 4) is 0 Å². The first-order chi connectivity index (χ1) is 8.50. The highest BCUT2D eigenvalue weighted by molar-refractivity contribution is 6.31. The van der Waals surface area contributed by atoms with E-state index < -0.39 is 5.82 Å². The van der Waals surface area contributed by atoms with Gasteiger partial charge in [-0.1, -0.05) is 31.5 Å². The van der Waals surface area contributed by atoms with E-state index >= 15 is 0 Å². The number of hydrogen-bond donors (Lipinski definition) is 0. The molecule has 0 amide bonds.